The van der Waals surface area contributed by atoms with Crippen molar-refractivity contribution in [2.75, 3.05) is 32.0 Å². The molecule has 5 nitrogen and oxygen atoms in total. The maximum absolute atomic E-state index is 12.7. The molecular formula is C19H22ClN3O2. The number of carbonyl (C=O) groups is 2. The highest BCUT2D eigenvalue weighted by molar-refractivity contribution is 6.31. The number of amides is 1. The second-order valence-corrected chi connectivity index (χ2v) is 6.27. The molecule has 2 aromatic carbocycles. The lowest BCUT2D eigenvalue weighted by atomic mass is 10.0. The van der Waals surface area contributed by atoms with Crippen LogP contribution in [-0.2, 0) is 4.79 Å². The van der Waals surface area contributed by atoms with Gasteiger partial charge < -0.3 is 16.0 Å². The Kier molecular flexibility index (Phi) is 6.98. The van der Waals surface area contributed by atoms with Gasteiger partial charge in [-0.1, -0.05) is 41.9 Å². The van der Waals surface area contributed by atoms with Gasteiger partial charge in [-0.05, 0) is 25.2 Å². The van der Waals surface area contributed by atoms with Crippen LogP contribution in [-0.4, -0.2) is 43.3 Å². The topological polar surface area (TPSA) is 75.4 Å². The summed E-state index contributed by atoms with van der Waals surface area (Å²) in [7, 11) is 1.92. The lowest BCUT2D eigenvalue weighted by molar-refractivity contribution is -0.118. The molecule has 0 aliphatic rings. The van der Waals surface area contributed by atoms with E-state index >= 15 is 0 Å². The third-order valence-electron chi connectivity index (χ3n) is 3.81. The molecule has 0 bridgehead atoms. The van der Waals surface area contributed by atoms with Crippen LogP contribution in [0, 0.1) is 0 Å². The summed E-state index contributed by atoms with van der Waals surface area (Å²) in [6.45, 7) is 1.95. The summed E-state index contributed by atoms with van der Waals surface area (Å²) in [4.78, 5) is 25.6. The predicted octanol–water partition coefficient (Wildman–Crippen LogP) is 2.79. The van der Waals surface area contributed by atoms with Crippen molar-refractivity contribution >= 4 is 29.0 Å². The van der Waals surface area contributed by atoms with E-state index < -0.39 is 0 Å². The lowest BCUT2D eigenvalue weighted by Crippen LogP contribution is -2.29. The van der Waals surface area contributed by atoms with E-state index in [1.165, 1.54) is 0 Å². The molecule has 6 heteroatoms. The third kappa shape index (κ3) is 5.89. The van der Waals surface area contributed by atoms with Crippen molar-refractivity contribution in [2.45, 2.75) is 6.42 Å². The van der Waals surface area contributed by atoms with Gasteiger partial charge in [-0.15, -0.1) is 0 Å². The molecule has 2 aromatic rings. The largest absolute Gasteiger partial charge is 0.383 e. The predicted molar refractivity (Wildman–Crippen MR) is 101 cm³/mol. The number of benzene rings is 2. The Balaban J connectivity index is 2.04. The first-order valence-corrected chi connectivity index (χ1v) is 8.45. The Morgan fingerprint density at radius 1 is 1.12 bits per heavy atom. The summed E-state index contributed by atoms with van der Waals surface area (Å²) in [5.41, 5.74) is 7.05. The quantitative estimate of drug-likeness (QED) is 0.675. The number of halogens is 1. The van der Waals surface area contributed by atoms with E-state index in [9.17, 15) is 9.59 Å². The van der Waals surface area contributed by atoms with Gasteiger partial charge in [0.25, 0.3) is 0 Å². The third-order valence-corrected chi connectivity index (χ3v) is 4.05. The first-order valence-electron chi connectivity index (χ1n) is 8.07. The first kappa shape index (κ1) is 19.0. The number of rotatable bonds is 9. The van der Waals surface area contributed by atoms with Gasteiger partial charge in [-0.25, -0.2) is 0 Å². The average Bonchev–Trinajstić information content (AvgIpc) is 2.61. The summed E-state index contributed by atoms with van der Waals surface area (Å²) in [5.74, 6) is -0.388. The Morgan fingerprint density at radius 3 is 2.52 bits per heavy atom. The molecule has 1 amide bonds. The number of primary amides is 1. The van der Waals surface area contributed by atoms with E-state index in [2.05, 4.69) is 5.32 Å². The fourth-order valence-corrected chi connectivity index (χ4v) is 2.57. The molecule has 0 aliphatic heterocycles. The fraction of sp³-hybridized carbons (Fsp3) is 0.263. The lowest BCUT2D eigenvalue weighted by Gasteiger charge is -2.17. The van der Waals surface area contributed by atoms with Crippen LogP contribution in [0.2, 0.25) is 5.02 Å². The Bertz CT molecular complexity index is 735. The molecule has 0 aliphatic carbocycles. The van der Waals surface area contributed by atoms with E-state index in [1.54, 1.807) is 24.3 Å². The molecule has 0 saturated heterocycles. The SMILES string of the molecule is CN(CCNc1ccc(Cl)cc1C(=O)c1ccccc1)CCC(N)=O. The summed E-state index contributed by atoms with van der Waals surface area (Å²) >= 11 is 6.07. The van der Waals surface area contributed by atoms with E-state index in [1.807, 2.05) is 36.2 Å². The molecule has 0 radical (unpaired) electrons. The summed E-state index contributed by atoms with van der Waals surface area (Å²) in [5, 5.41) is 3.79. The van der Waals surface area contributed by atoms with Crippen molar-refractivity contribution < 1.29 is 9.59 Å². The zero-order valence-corrected chi connectivity index (χ0v) is 14.9. The molecular weight excluding hydrogens is 338 g/mol. The average molecular weight is 360 g/mol. The van der Waals surface area contributed by atoms with Crippen LogP contribution in [0.15, 0.2) is 48.5 Å². The number of nitrogens with zero attached hydrogens (tertiary/aromatic N) is 1. The minimum Gasteiger partial charge on any atom is -0.383 e. The van der Waals surface area contributed by atoms with Crippen LogP contribution >= 0.6 is 11.6 Å². The van der Waals surface area contributed by atoms with Gasteiger partial charge in [0, 0.05) is 47.9 Å². The van der Waals surface area contributed by atoms with Crippen LogP contribution in [0.3, 0.4) is 0 Å². The van der Waals surface area contributed by atoms with Gasteiger partial charge in [-0.2, -0.15) is 0 Å². The van der Waals surface area contributed by atoms with Gasteiger partial charge in [0.2, 0.25) is 5.91 Å². The van der Waals surface area contributed by atoms with Crippen molar-refractivity contribution in [3.63, 3.8) is 0 Å². The van der Waals surface area contributed by atoms with Crippen molar-refractivity contribution in [1.29, 1.82) is 0 Å². The highest BCUT2D eigenvalue weighted by Crippen LogP contribution is 2.23. The maximum atomic E-state index is 12.7. The highest BCUT2D eigenvalue weighted by atomic mass is 35.5. The van der Waals surface area contributed by atoms with Crippen LogP contribution < -0.4 is 11.1 Å². The Morgan fingerprint density at radius 2 is 1.84 bits per heavy atom. The van der Waals surface area contributed by atoms with Crippen molar-refractivity contribution in [2.24, 2.45) is 5.73 Å². The van der Waals surface area contributed by atoms with E-state index in [0.29, 0.717) is 35.7 Å². The number of hydrogen-bond acceptors (Lipinski definition) is 4. The number of nitrogens with two attached hydrogens (primary N) is 1. The maximum Gasteiger partial charge on any atom is 0.218 e. The number of likely N-dealkylation sites (N-methyl/N-ethyl adjacent to an activating group) is 1. The minimum atomic E-state index is -0.312. The van der Waals surface area contributed by atoms with E-state index in [-0.39, 0.29) is 11.7 Å². The molecule has 0 atom stereocenters. The van der Waals surface area contributed by atoms with Crippen LogP contribution in [0.5, 0.6) is 0 Å². The van der Waals surface area contributed by atoms with Crippen molar-refractivity contribution in [3.8, 4) is 0 Å². The molecule has 2 rings (SSSR count). The van der Waals surface area contributed by atoms with E-state index in [4.69, 9.17) is 17.3 Å². The van der Waals surface area contributed by atoms with Crippen molar-refractivity contribution in [3.05, 3.63) is 64.7 Å². The molecule has 0 unspecified atom stereocenters. The van der Waals surface area contributed by atoms with Gasteiger partial charge >= 0.3 is 0 Å². The molecule has 3 N–H and O–H groups in total. The molecule has 0 saturated carbocycles. The molecule has 25 heavy (non-hydrogen) atoms. The molecule has 0 fully saturated rings. The monoisotopic (exact) mass is 359 g/mol. The normalized spacial score (nSPS) is 10.7. The second-order valence-electron chi connectivity index (χ2n) is 5.83. The molecule has 0 spiro atoms. The second kappa shape index (κ2) is 9.20. The van der Waals surface area contributed by atoms with Crippen LogP contribution in [0.4, 0.5) is 5.69 Å². The summed E-state index contributed by atoms with van der Waals surface area (Å²) in [6, 6.07) is 14.3. The smallest absolute Gasteiger partial charge is 0.218 e. The fourth-order valence-electron chi connectivity index (χ4n) is 2.40. The number of anilines is 1. The van der Waals surface area contributed by atoms with Gasteiger partial charge in [0.05, 0.1) is 0 Å². The van der Waals surface area contributed by atoms with Crippen LogP contribution in [0.1, 0.15) is 22.3 Å². The van der Waals surface area contributed by atoms with E-state index in [0.717, 1.165) is 12.2 Å². The highest BCUT2D eigenvalue weighted by Gasteiger charge is 2.14. The number of carbonyl (C=O) groups excluding carboxylic acids is 2. The standard InChI is InChI=1S/C19H22ClN3O2/c1-23(11-9-18(21)24)12-10-22-17-8-7-15(20)13-16(17)19(25)14-5-3-2-4-6-14/h2-8,13,22H,9-12H2,1H3,(H2,21,24). The zero-order chi connectivity index (χ0) is 18.2. The summed E-state index contributed by atoms with van der Waals surface area (Å²) in [6.07, 6.45) is 0.329. The Hall–Kier alpha value is -2.37. The minimum absolute atomic E-state index is 0.0762. The van der Waals surface area contributed by atoms with Gasteiger partial charge in [-0.3, -0.25) is 9.59 Å². The van der Waals surface area contributed by atoms with Crippen LogP contribution in [0.25, 0.3) is 0 Å². The molecule has 132 valence electrons. The van der Waals surface area contributed by atoms with Crippen molar-refractivity contribution in [1.82, 2.24) is 4.90 Å². The number of hydrogen-bond donors (Lipinski definition) is 2. The van der Waals surface area contributed by atoms with Gasteiger partial charge in [0.1, 0.15) is 0 Å². The number of nitrogens with one attached hydrogen (secondary N) is 1. The van der Waals surface area contributed by atoms with Gasteiger partial charge in [0.15, 0.2) is 5.78 Å². The summed E-state index contributed by atoms with van der Waals surface area (Å²) < 4.78 is 0. The molecule has 0 aromatic heterocycles. The Labute approximate surface area is 152 Å². The first-order chi connectivity index (χ1) is 12.0. The zero-order valence-electron chi connectivity index (χ0n) is 14.2. The number of ketones is 1. The molecule has 0 heterocycles.